The highest BCUT2D eigenvalue weighted by atomic mass is 32.1. The largest absolute Gasteiger partial charge is 0.495 e. The molecule has 0 saturated heterocycles. The summed E-state index contributed by atoms with van der Waals surface area (Å²) in [6.07, 6.45) is 0. The monoisotopic (exact) mass is 303 g/mol. The molecule has 3 rings (SSSR count). The van der Waals surface area contributed by atoms with Gasteiger partial charge < -0.3 is 10.5 Å². The van der Waals surface area contributed by atoms with Crippen LogP contribution in [0.15, 0.2) is 41.8 Å². The van der Waals surface area contributed by atoms with E-state index in [9.17, 15) is 0 Å². The fourth-order valence-corrected chi connectivity index (χ4v) is 3.69. The summed E-state index contributed by atoms with van der Waals surface area (Å²) < 4.78 is 5.31. The number of methoxy groups -OCH3 is 1. The van der Waals surface area contributed by atoms with Crippen molar-refractivity contribution < 1.29 is 4.74 Å². The first-order valence-corrected chi connectivity index (χ1v) is 7.75. The number of nitrogens with two attached hydrogens (primary N) is 1. The van der Waals surface area contributed by atoms with Crippen LogP contribution in [0.25, 0.3) is 9.88 Å². The van der Waals surface area contributed by atoms with E-state index in [-0.39, 0.29) is 6.04 Å². The highest BCUT2D eigenvalue weighted by Gasteiger charge is 2.17. The van der Waals surface area contributed by atoms with E-state index in [4.69, 9.17) is 10.5 Å². The van der Waals surface area contributed by atoms with Crippen molar-refractivity contribution >= 4 is 22.7 Å². The zero-order chi connectivity index (χ0) is 13.9. The molecule has 0 fully saturated rings. The van der Waals surface area contributed by atoms with Gasteiger partial charge in [-0.3, -0.25) is 0 Å². The second-order valence-corrected chi connectivity index (χ2v) is 6.08. The van der Waals surface area contributed by atoms with E-state index >= 15 is 0 Å². The van der Waals surface area contributed by atoms with Gasteiger partial charge in [-0.25, -0.2) is 0 Å². The van der Waals surface area contributed by atoms with Crippen molar-refractivity contribution in [1.29, 1.82) is 0 Å². The van der Waals surface area contributed by atoms with Crippen LogP contribution in [0.4, 0.5) is 0 Å². The summed E-state index contributed by atoms with van der Waals surface area (Å²) in [6.45, 7) is 0. The number of nitrogens with zero attached hydrogens (tertiary/aromatic N) is 2. The van der Waals surface area contributed by atoms with Gasteiger partial charge in [-0.15, -0.1) is 21.5 Å². The first-order chi connectivity index (χ1) is 9.79. The number of rotatable bonds is 4. The summed E-state index contributed by atoms with van der Waals surface area (Å²) in [5, 5.41) is 12.1. The number of hydrogen-bond donors (Lipinski definition) is 1. The molecule has 2 N–H and O–H groups in total. The summed E-state index contributed by atoms with van der Waals surface area (Å²) in [7, 11) is 1.66. The second-order valence-electron chi connectivity index (χ2n) is 4.15. The van der Waals surface area contributed by atoms with Crippen LogP contribution in [-0.2, 0) is 0 Å². The van der Waals surface area contributed by atoms with Crippen LogP contribution >= 0.6 is 22.7 Å². The number of thiophene rings is 1. The topological polar surface area (TPSA) is 61.0 Å². The molecular weight excluding hydrogens is 290 g/mol. The molecule has 0 saturated carbocycles. The first-order valence-electron chi connectivity index (χ1n) is 6.05. The molecule has 3 aromatic rings. The minimum atomic E-state index is -0.242. The van der Waals surface area contributed by atoms with Crippen molar-refractivity contribution in [1.82, 2.24) is 10.2 Å². The molecule has 102 valence electrons. The average Bonchev–Trinajstić information content (AvgIpc) is 3.15. The van der Waals surface area contributed by atoms with Crippen molar-refractivity contribution in [2.24, 2.45) is 5.73 Å². The van der Waals surface area contributed by atoms with Gasteiger partial charge in [-0.2, -0.15) is 0 Å². The molecule has 0 aliphatic carbocycles. The van der Waals surface area contributed by atoms with E-state index in [1.807, 2.05) is 41.8 Å². The lowest BCUT2D eigenvalue weighted by Gasteiger charge is -2.06. The number of hydrogen-bond acceptors (Lipinski definition) is 6. The van der Waals surface area contributed by atoms with Crippen molar-refractivity contribution in [2.75, 3.05) is 7.11 Å². The summed E-state index contributed by atoms with van der Waals surface area (Å²) in [5.41, 5.74) is 7.27. The van der Waals surface area contributed by atoms with Gasteiger partial charge in [0.25, 0.3) is 0 Å². The molecule has 1 atom stereocenters. The van der Waals surface area contributed by atoms with Crippen LogP contribution in [0.5, 0.6) is 5.75 Å². The molecule has 4 nitrogen and oxygen atoms in total. The van der Waals surface area contributed by atoms with Crippen molar-refractivity contribution in [3.8, 4) is 15.6 Å². The van der Waals surface area contributed by atoms with Gasteiger partial charge in [0.15, 0.2) is 5.01 Å². The molecule has 20 heavy (non-hydrogen) atoms. The van der Waals surface area contributed by atoms with Crippen LogP contribution in [0.1, 0.15) is 16.6 Å². The fourth-order valence-electron chi connectivity index (χ4n) is 1.87. The Balaban J connectivity index is 1.91. The predicted molar refractivity (Wildman–Crippen MR) is 82.2 cm³/mol. The Morgan fingerprint density at radius 2 is 1.95 bits per heavy atom. The van der Waals surface area contributed by atoms with E-state index in [1.54, 1.807) is 18.4 Å². The molecule has 0 spiro atoms. The Morgan fingerprint density at radius 1 is 1.15 bits per heavy atom. The predicted octanol–water partition coefficient (Wildman–Crippen LogP) is 3.32. The van der Waals surface area contributed by atoms with Crippen LogP contribution in [0.2, 0.25) is 0 Å². The lowest BCUT2D eigenvalue weighted by atomic mass is 10.1. The third kappa shape index (κ3) is 2.45. The molecule has 6 heteroatoms. The normalized spacial score (nSPS) is 12.3. The van der Waals surface area contributed by atoms with E-state index < -0.39 is 0 Å². The summed E-state index contributed by atoms with van der Waals surface area (Å²) >= 11 is 3.10. The molecule has 1 unspecified atom stereocenters. The molecule has 0 radical (unpaired) electrons. The lowest BCUT2D eigenvalue weighted by molar-refractivity contribution is 0.418. The standard InChI is InChI=1S/C14H13N3OS2/c1-18-10-7-8-19-12(10)14-17-16-13(20-14)11(15)9-5-3-2-4-6-9/h2-8,11H,15H2,1H3. The molecular formula is C14H13N3OS2. The van der Waals surface area contributed by atoms with Crippen LogP contribution in [-0.4, -0.2) is 17.3 Å². The van der Waals surface area contributed by atoms with Gasteiger partial charge in [0.05, 0.1) is 13.2 Å². The number of ether oxygens (including phenoxy) is 1. The zero-order valence-electron chi connectivity index (χ0n) is 10.8. The van der Waals surface area contributed by atoms with Crippen LogP contribution in [0.3, 0.4) is 0 Å². The third-order valence-corrected chi connectivity index (χ3v) is 4.96. The molecule has 0 bridgehead atoms. The van der Waals surface area contributed by atoms with Gasteiger partial charge in [-0.05, 0) is 17.0 Å². The van der Waals surface area contributed by atoms with E-state index in [0.29, 0.717) is 0 Å². The molecule has 2 aromatic heterocycles. The Bertz CT molecular complexity index is 693. The molecule has 0 amide bonds. The lowest BCUT2D eigenvalue weighted by Crippen LogP contribution is -2.11. The smallest absolute Gasteiger partial charge is 0.161 e. The molecule has 1 aromatic carbocycles. The van der Waals surface area contributed by atoms with Crippen molar-refractivity contribution in [3.63, 3.8) is 0 Å². The Hall–Kier alpha value is -1.76. The van der Waals surface area contributed by atoms with Gasteiger partial charge in [0, 0.05) is 0 Å². The third-order valence-electron chi connectivity index (χ3n) is 2.91. The summed E-state index contributed by atoms with van der Waals surface area (Å²) in [6, 6.07) is 11.6. The SMILES string of the molecule is COc1ccsc1-c1nnc(C(N)c2ccccc2)s1. The Kier molecular flexibility index (Phi) is 3.77. The Labute approximate surface area is 124 Å². The van der Waals surface area contributed by atoms with Gasteiger partial charge >= 0.3 is 0 Å². The quantitative estimate of drug-likeness (QED) is 0.803. The maximum atomic E-state index is 6.23. The number of benzene rings is 1. The van der Waals surface area contributed by atoms with Crippen LogP contribution < -0.4 is 10.5 Å². The van der Waals surface area contributed by atoms with Gasteiger partial charge in [-0.1, -0.05) is 41.7 Å². The van der Waals surface area contributed by atoms with Crippen molar-refractivity contribution in [2.45, 2.75) is 6.04 Å². The number of aromatic nitrogens is 2. The maximum absolute atomic E-state index is 6.23. The minimum Gasteiger partial charge on any atom is -0.495 e. The van der Waals surface area contributed by atoms with Crippen LogP contribution in [0, 0.1) is 0 Å². The Morgan fingerprint density at radius 3 is 2.70 bits per heavy atom. The first kappa shape index (κ1) is 13.2. The summed E-state index contributed by atoms with van der Waals surface area (Å²) in [4.78, 5) is 0.997. The fraction of sp³-hybridized carbons (Fsp3) is 0.143. The highest BCUT2D eigenvalue weighted by Crippen LogP contribution is 2.38. The second kappa shape index (κ2) is 5.70. The molecule has 0 aliphatic rings. The zero-order valence-corrected chi connectivity index (χ0v) is 12.4. The molecule has 2 heterocycles. The highest BCUT2D eigenvalue weighted by molar-refractivity contribution is 7.21. The van der Waals surface area contributed by atoms with E-state index in [0.717, 1.165) is 26.2 Å². The van der Waals surface area contributed by atoms with E-state index in [1.165, 1.54) is 11.3 Å². The van der Waals surface area contributed by atoms with Gasteiger partial charge in [0.1, 0.15) is 15.6 Å². The average molecular weight is 303 g/mol. The van der Waals surface area contributed by atoms with Gasteiger partial charge in [0.2, 0.25) is 0 Å². The minimum absolute atomic E-state index is 0.242. The summed E-state index contributed by atoms with van der Waals surface area (Å²) in [5.74, 6) is 0.825. The van der Waals surface area contributed by atoms with E-state index in [2.05, 4.69) is 10.2 Å². The maximum Gasteiger partial charge on any atom is 0.161 e. The molecule has 0 aliphatic heterocycles. The van der Waals surface area contributed by atoms with Crippen molar-refractivity contribution in [3.05, 3.63) is 52.3 Å².